The summed E-state index contributed by atoms with van der Waals surface area (Å²) in [7, 11) is 0. The summed E-state index contributed by atoms with van der Waals surface area (Å²) in [5, 5.41) is 0. The molecule has 1 fully saturated rings. The van der Waals surface area contributed by atoms with Gasteiger partial charge in [-0.1, -0.05) is 30.3 Å². The average Bonchev–Trinajstić information content (AvgIpc) is 3.02. The summed E-state index contributed by atoms with van der Waals surface area (Å²) in [6.45, 7) is 1.81. The molecule has 1 aliphatic rings. The fourth-order valence-corrected chi connectivity index (χ4v) is 3.54. The largest absolute Gasteiger partial charge is 0.338 e. The second-order valence-electron chi connectivity index (χ2n) is 5.85. The average molecular weight is 414 g/mol. The number of halogens is 3. The van der Waals surface area contributed by atoms with Crippen LogP contribution in [0.1, 0.15) is 21.8 Å². The van der Waals surface area contributed by atoms with Crippen LogP contribution in [0.25, 0.3) is 0 Å². The lowest BCUT2D eigenvalue weighted by Crippen LogP contribution is -2.29. The molecule has 0 bridgehead atoms. The maximum absolute atomic E-state index is 13.4. The van der Waals surface area contributed by atoms with Crippen molar-refractivity contribution in [1.82, 2.24) is 4.90 Å². The summed E-state index contributed by atoms with van der Waals surface area (Å²) in [5.41, 5.74) is 7.61. The first-order valence-electron chi connectivity index (χ1n) is 7.59. The maximum Gasteiger partial charge on any atom is 0.253 e. The monoisotopic (exact) mass is 412 g/mol. The van der Waals surface area contributed by atoms with E-state index in [1.54, 1.807) is 0 Å². The molecule has 3 rings (SSSR count). The zero-order valence-corrected chi connectivity index (χ0v) is 15.4. The van der Waals surface area contributed by atoms with Crippen molar-refractivity contribution < 1.29 is 9.18 Å². The first kappa shape index (κ1) is 18.9. The number of hydrogen-bond acceptors (Lipinski definition) is 2. The van der Waals surface area contributed by atoms with Crippen LogP contribution in [-0.2, 0) is 0 Å². The Bertz CT molecular complexity index is 713. The van der Waals surface area contributed by atoms with Crippen molar-refractivity contribution in [3.8, 4) is 0 Å². The van der Waals surface area contributed by atoms with Gasteiger partial charge in [0, 0.05) is 24.6 Å². The third kappa shape index (κ3) is 3.79. The summed E-state index contributed by atoms with van der Waals surface area (Å²) < 4.78 is 13.7. The van der Waals surface area contributed by atoms with Crippen molar-refractivity contribution >= 4 is 34.2 Å². The van der Waals surface area contributed by atoms with Crippen LogP contribution in [-0.4, -0.2) is 30.4 Å². The Morgan fingerprint density at radius 1 is 1.21 bits per heavy atom. The lowest BCUT2D eigenvalue weighted by atomic mass is 9.89. The molecule has 0 unspecified atom stereocenters. The lowest BCUT2D eigenvalue weighted by Gasteiger charge is -2.17. The second-order valence-corrected chi connectivity index (χ2v) is 6.71. The van der Waals surface area contributed by atoms with Gasteiger partial charge in [0.15, 0.2) is 0 Å². The smallest absolute Gasteiger partial charge is 0.253 e. The molecule has 2 aromatic carbocycles. The highest BCUT2D eigenvalue weighted by molar-refractivity contribution is 9.10. The highest BCUT2D eigenvalue weighted by Gasteiger charge is 2.35. The third-order valence-corrected chi connectivity index (χ3v) is 5.03. The summed E-state index contributed by atoms with van der Waals surface area (Å²) >= 11 is 3.13. The zero-order chi connectivity index (χ0) is 16.4. The summed E-state index contributed by atoms with van der Waals surface area (Å²) in [6, 6.07) is 14.5. The number of nitrogens with two attached hydrogens (primary N) is 1. The Hall–Kier alpha value is -1.43. The van der Waals surface area contributed by atoms with Gasteiger partial charge >= 0.3 is 0 Å². The topological polar surface area (TPSA) is 46.3 Å². The van der Waals surface area contributed by atoms with Crippen LogP contribution in [0, 0.1) is 11.7 Å². The van der Waals surface area contributed by atoms with Crippen molar-refractivity contribution in [1.29, 1.82) is 0 Å². The van der Waals surface area contributed by atoms with Gasteiger partial charge in [0.25, 0.3) is 5.91 Å². The Balaban J connectivity index is 0.00000208. The van der Waals surface area contributed by atoms with Gasteiger partial charge in [-0.15, -0.1) is 12.4 Å². The molecule has 1 saturated heterocycles. The van der Waals surface area contributed by atoms with E-state index in [0.29, 0.717) is 29.7 Å². The molecule has 2 atom stereocenters. The molecule has 0 spiro atoms. The van der Waals surface area contributed by atoms with E-state index < -0.39 is 0 Å². The molecule has 0 aliphatic carbocycles. The molecule has 2 N–H and O–H groups in total. The van der Waals surface area contributed by atoms with E-state index in [-0.39, 0.29) is 36.0 Å². The number of amides is 1. The molecule has 0 aromatic heterocycles. The fourth-order valence-electron chi connectivity index (χ4n) is 3.17. The number of carbonyl (C=O) groups is 1. The lowest BCUT2D eigenvalue weighted by molar-refractivity contribution is 0.0786. The summed E-state index contributed by atoms with van der Waals surface area (Å²) in [5.74, 6) is 0.0341. The molecular formula is C18H19BrClFN2O. The molecule has 1 aliphatic heterocycles. The van der Waals surface area contributed by atoms with Gasteiger partial charge in [0.1, 0.15) is 5.82 Å². The Morgan fingerprint density at radius 3 is 2.54 bits per heavy atom. The molecule has 3 nitrogen and oxygen atoms in total. The van der Waals surface area contributed by atoms with Crippen molar-refractivity contribution in [2.24, 2.45) is 11.7 Å². The highest BCUT2D eigenvalue weighted by atomic mass is 79.9. The quantitative estimate of drug-likeness (QED) is 0.831. The predicted octanol–water partition coefficient (Wildman–Crippen LogP) is 3.82. The number of carbonyl (C=O) groups excluding carboxylic acids is 1. The van der Waals surface area contributed by atoms with E-state index >= 15 is 0 Å². The van der Waals surface area contributed by atoms with E-state index in [1.165, 1.54) is 23.8 Å². The van der Waals surface area contributed by atoms with Gasteiger partial charge in [0.05, 0.1) is 4.47 Å². The van der Waals surface area contributed by atoms with Crippen molar-refractivity contribution in [3.05, 3.63) is 69.9 Å². The van der Waals surface area contributed by atoms with Crippen molar-refractivity contribution in [2.75, 3.05) is 19.6 Å². The van der Waals surface area contributed by atoms with E-state index in [9.17, 15) is 9.18 Å². The number of nitrogens with zero attached hydrogens (tertiary/aromatic N) is 1. The predicted molar refractivity (Wildman–Crippen MR) is 99.0 cm³/mol. The molecule has 24 heavy (non-hydrogen) atoms. The molecule has 0 radical (unpaired) electrons. The molecular weight excluding hydrogens is 395 g/mol. The van der Waals surface area contributed by atoms with E-state index in [1.807, 2.05) is 23.1 Å². The number of rotatable bonds is 3. The van der Waals surface area contributed by atoms with E-state index in [2.05, 4.69) is 28.1 Å². The molecule has 1 amide bonds. The third-order valence-electron chi connectivity index (χ3n) is 4.43. The van der Waals surface area contributed by atoms with Crippen molar-refractivity contribution in [3.63, 3.8) is 0 Å². The Morgan fingerprint density at radius 2 is 1.92 bits per heavy atom. The van der Waals surface area contributed by atoms with E-state index in [4.69, 9.17) is 5.73 Å². The first-order chi connectivity index (χ1) is 11.1. The number of hydrogen-bond donors (Lipinski definition) is 1. The minimum Gasteiger partial charge on any atom is -0.338 e. The van der Waals surface area contributed by atoms with Gasteiger partial charge in [-0.2, -0.15) is 0 Å². The Labute approximate surface area is 155 Å². The summed E-state index contributed by atoms with van der Waals surface area (Å²) in [6.07, 6.45) is 0. The maximum atomic E-state index is 13.4. The van der Waals surface area contributed by atoms with Gasteiger partial charge in [0.2, 0.25) is 0 Å². The van der Waals surface area contributed by atoms with Crippen LogP contribution in [0.5, 0.6) is 0 Å². The standard InChI is InChI=1S/C18H18BrFN2O.ClH/c19-16-8-13(6-7-17(16)20)18(23)22-10-14(9-21)15(11-22)12-4-2-1-3-5-12;/h1-8,14-15H,9-11,21H2;1H/t14-,15+;/m1./s1. The normalized spacial score (nSPS) is 19.9. The van der Waals surface area contributed by atoms with Crippen LogP contribution < -0.4 is 5.73 Å². The number of benzene rings is 2. The van der Waals surface area contributed by atoms with Gasteiger partial charge in [-0.25, -0.2) is 4.39 Å². The molecule has 2 aromatic rings. The van der Waals surface area contributed by atoms with Crippen LogP contribution in [0.2, 0.25) is 0 Å². The van der Waals surface area contributed by atoms with Crippen LogP contribution in [0.3, 0.4) is 0 Å². The van der Waals surface area contributed by atoms with Crippen LogP contribution >= 0.6 is 28.3 Å². The second kappa shape index (κ2) is 8.10. The fraction of sp³-hybridized carbons (Fsp3) is 0.278. The highest BCUT2D eigenvalue weighted by Crippen LogP contribution is 2.33. The number of likely N-dealkylation sites (tertiary alicyclic amines) is 1. The SMILES string of the molecule is Cl.NC[C@@H]1CN(C(=O)c2ccc(F)c(Br)c2)C[C@H]1c1ccccc1. The van der Waals surface area contributed by atoms with Crippen LogP contribution in [0.15, 0.2) is 53.0 Å². The molecule has 0 saturated carbocycles. The van der Waals surface area contributed by atoms with Gasteiger partial charge < -0.3 is 10.6 Å². The van der Waals surface area contributed by atoms with Crippen molar-refractivity contribution in [2.45, 2.75) is 5.92 Å². The minimum atomic E-state index is -0.370. The summed E-state index contributed by atoms with van der Waals surface area (Å²) in [4.78, 5) is 14.5. The van der Waals surface area contributed by atoms with Crippen LogP contribution in [0.4, 0.5) is 4.39 Å². The van der Waals surface area contributed by atoms with Gasteiger partial charge in [-0.05, 0) is 52.2 Å². The molecule has 128 valence electrons. The zero-order valence-electron chi connectivity index (χ0n) is 13.0. The van der Waals surface area contributed by atoms with E-state index in [0.717, 1.165) is 0 Å². The first-order valence-corrected chi connectivity index (χ1v) is 8.38. The Kier molecular flexibility index (Phi) is 6.38. The molecule has 1 heterocycles. The molecule has 6 heteroatoms. The minimum absolute atomic E-state index is 0. The van der Waals surface area contributed by atoms with Gasteiger partial charge in [-0.3, -0.25) is 4.79 Å².